The highest BCUT2D eigenvalue weighted by molar-refractivity contribution is 5.79. The molecule has 2 N–H and O–H groups in total. The van der Waals surface area contributed by atoms with Gasteiger partial charge in [-0.05, 0) is 24.3 Å². The summed E-state index contributed by atoms with van der Waals surface area (Å²) in [6.07, 6.45) is 6.19. The van der Waals surface area contributed by atoms with Gasteiger partial charge < -0.3 is 15.4 Å². The molecule has 7 heteroatoms. The number of hydrogen-bond acceptors (Lipinski definition) is 5. The third-order valence-electron chi connectivity index (χ3n) is 6.42. The summed E-state index contributed by atoms with van der Waals surface area (Å²) in [5, 5.41) is 6.21. The molecule has 172 valence electrons. The smallest absolute Gasteiger partial charge is 0.234 e. The third-order valence-corrected chi connectivity index (χ3v) is 6.42. The van der Waals surface area contributed by atoms with Crippen molar-refractivity contribution in [2.24, 2.45) is 5.92 Å². The molecule has 1 aromatic carbocycles. The Morgan fingerprint density at radius 2 is 1.58 bits per heavy atom. The van der Waals surface area contributed by atoms with Gasteiger partial charge in [-0.15, -0.1) is 0 Å². The lowest BCUT2D eigenvalue weighted by Crippen LogP contribution is -2.52. The summed E-state index contributed by atoms with van der Waals surface area (Å²) < 4.78 is 4.95. The van der Waals surface area contributed by atoms with Crippen LogP contribution in [-0.4, -0.2) is 81.1 Å². The monoisotopic (exact) mass is 430 g/mol. The summed E-state index contributed by atoms with van der Waals surface area (Å²) in [4.78, 5) is 29.2. The lowest BCUT2D eigenvalue weighted by atomic mass is 9.81. The predicted octanol–water partition coefficient (Wildman–Crippen LogP) is 1.80. The van der Waals surface area contributed by atoms with Crippen molar-refractivity contribution in [1.82, 2.24) is 20.4 Å². The number of nitrogens with one attached hydrogen (secondary N) is 2. The summed E-state index contributed by atoms with van der Waals surface area (Å²) in [6.45, 7) is 5.10. The number of carbonyl (C=O) groups excluding carboxylic acids is 2. The minimum atomic E-state index is 0.0291. The Labute approximate surface area is 186 Å². The summed E-state index contributed by atoms with van der Waals surface area (Å²) in [5.74, 6) is 0.653. The maximum absolute atomic E-state index is 12.9. The fourth-order valence-electron chi connectivity index (χ4n) is 4.68. The first kappa shape index (κ1) is 23.7. The Bertz CT molecular complexity index is 671. The zero-order valence-corrected chi connectivity index (χ0v) is 18.9. The number of piperazine rings is 1. The van der Waals surface area contributed by atoms with Crippen LogP contribution in [0.4, 0.5) is 0 Å². The first-order valence-corrected chi connectivity index (χ1v) is 11.7. The third kappa shape index (κ3) is 7.91. The average Bonchev–Trinajstić information content (AvgIpc) is 2.80. The molecule has 1 aliphatic carbocycles. The molecule has 0 spiro atoms. The van der Waals surface area contributed by atoms with E-state index < -0.39 is 0 Å². The van der Waals surface area contributed by atoms with Crippen molar-refractivity contribution in [3.63, 3.8) is 0 Å². The molecule has 0 bridgehead atoms. The lowest BCUT2D eigenvalue weighted by Gasteiger charge is -2.35. The van der Waals surface area contributed by atoms with Gasteiger partial charge in [-0.1, -0.05) is 49.6 Å². The summed E-state index contributed by atoms with van der Waals surface area (Å²) in [5.41, 5.74) is 1.21. The molecule has 2 fully saturated rings. The van der Waals surface area contributed by atoms with Crippen molar-refractivity contribution in [2.45, 2.75) is 38.1 Å². The number of amides is 2. The number of nitrogens with zero attached hydrogens (tertiary/aromatic N) is 2. The molecule has 7 nitrogen and oxygen atoms in total. The van der Waals surface area contributed by atoms with Crippen LogP contribution >= 0.6 is 0 Å². The normalized spacial score (nSPS) is 19.6. The largest absolute Gasteiger partial charge is 0.383 e. The zero-order valence-electron chi connectivity index (χ0n) is 18.9. The van der Waals surface area contributed by atoms with Crippen molar-refractivity contribution in [3.05, 3.63) is 35.9 Å². The van der Waals surface area contributed by atoms with Gasteiger partial charge in [-0.2, -0.15) is 0 Å². The van der Waals surface area contributed by atoms with Crippen molar-refractivity contribution < 1.29 is 14.3 Å². The number of ether oxygens (including phenoxy) is 1. The van der Waals surface area contributed by atoms with E-state index in [1.165, 1.54) is 37.7 Å². The van der Waals surface area contributed by atoms with Gasteiger partial charge in [0.25, 0.3) is 0 Å². The Hall–Kier alpha value is -1.96. The Kier molecular flexibility index (Phi) is 9.78. The van der Waals surface area contributed by atoms with E-state index in [-0.39, 0.29) is 17.9 Å². The van der Waals surface area contributed by atoms with Gasteiger partial charge >= 0.3 is 0 Å². The fraction of sp³-hybridized carbons (Fsp3) is 0.667. The van der Waals surface area contributed by atoms with Gasteiger partial charge in [-0.3, -0.25) is 19.4 Å². The minimum absolute atomic E-state index is 0.0291. The Balaban J connectivity index is 1.44. The minimum Gasteiger partial charge on any atom is -0.383 e. The van der Waals surface area contributed by atoms with Crippen molar-refractivity contribution in [1.29, 1.82) is 0 Å². The van der Waals surface area contributed by atoms with Crippen LogP contribution < -0.4 is 10.6 Å². The van der Waals surface area contributed by atoms with Crippen molar-refractivity contribution in [3.8, 4) is 0 Å². The molecule has 1 aromatic rings. The second-order valence-electron chi connectivity index (χ2n) is 8.75. The van der Waals surface area contributed by atoms with Gasteiger partial charge in [0.15, 0.2) is 0 Å². The molecule has 1 saturated heterocycles. The Morgan fingerprint density at radius 3 is 2.19 bits per heavy atom. The van der Waals surface area contributed by atoms with Crippen LogP contribution in [0.25, 0.3) is 0 Å². The standard InChI is InChI=1S/C24H38N4O3/c1-31-17-12-25-22(29)18-27-13-15-28(16-14-27)19-23(30)26-24(20-8-4-2-5-9-20)21-10-6-3-7-11-21/h2,4-5,8-9,21,24H,3,6-7,10-19H2,1H3,(H,25,29)(H,26,30). The number of hydrogen-bond donors (Lipinski definition) is 2. The fourth-order valence-corrected chi connectivity index (χ4v) is 4.68. The highest BCUT2D eigenvalue weighted by atomic mass is 16.5. The van der Waals surface area contributed by atoms with Crippen LogP contribution in [-0.2, 0) is 14.3 Å². The molecule has 2 amide bonds. The SMILES string of the molecule is COCCNC(=O)CN1CCN(CC(=O)NC(c2ccccc2)C2CCCCC2)CC1. The highest BCUT2D eigenvalue weighted by Gasteiger charge is 2.27. The van der Waals surface area contributed by atoms with E-state index in [2.05, 4.69) is 44.7 Å². The summed E-state index contributed by atoms with van der Waals surface area (Å²) >= 11 is 0. The van der Waals surface area contributed by atoms with E-state index in [0.717, 1.165) is 26.2 Å². The van der Waals surface area contributed by atoms with E-state index in [0.29, 0.717) is 32.2 Å². The van der Waals surface area contributed by atoms with Crippen LogP contribution in [0.15, 0.2) is 30.3 Å². The first-order valence-electron chi connectivity index (χ1n) is 11.7. The van der Waals surface area contributed by atoms with Crippen LogP contribution in [0.3, 0.4) is 0 Å². The molecule has 1 atom stereocenters. The quantitative estimate of drug-likeness (QED) is 0.554. The van der Waals surface area contributed by atoms with E-state index in [1.54, 1.807) is 7.11 Å². The maximum Gasteiger partial charge on any atom is 0.234 e. The first-order chi connectivity index (χ1) is 15.2. The van der Waals surface area contributed by atoms with Crippen LogP contribution in [0.1, 0.15) is 43.7 Å². The molecule has 31 heavy (non-hydrogen) atoms. The maximum atomic E-state index is 12.9. The molecular formula is C24H38N4O3. The van der Waals surface area contributed by atoms with Gasteiger partial charge in [0.2, 0.25) is 11.8 Å². The molecular weight excluding hydrogens is 392 g/mol. The van der Waals surface area contributed by atoms with E-state index in [9.17, 15) is 9.59 Å². The number of benzene rings is 1. The molecule has 1 unspecified atom stereocenters. The molecule has 2 aliphatic rings. The van der Waals surface area contributed by atoms with Crippen LogP contribution in [0.5, 0.6) is 0 Å². The molecule has 1 aliphatic heterocycles. The molecule has 1 saturated carbocycles. The van der Waals surface area contributed by atoms with Gasteiger partial charge in [0, 0.05) is 39.8 Å². The van der Waals surface area contributed by atoms with Crippen LogP contribution in [0, 0.1) is 5.92 Å². The second-order valence-corrected chi connectivity index (χ2v) is 8.75. The van der Waals surface area contributed by atoms with E-state index in [1.807, 2.05) is 6.07 Å². The van der Waals surface area contributed by atoms with Gasteiger partial charge in [0.05, 0.1) is 25.7 Å². The van der Waals surface area contributed by atoms with Crippen LogP contribution in [0.2, 0.25) is 0 Å². The van der Waals surface area contributed by atoms with E-state index >= 15 is 0 Å². The average molecular weight is 431 g/mol. The topological polar surface area (TPSA) is 73.9 Å². The molecule has 3 rings (SSSR count). The van der Waals surface area contributed by atoms with Gasteiger partial charge in [0.1, 0.15) is 0 Å². The number of rotatable bonds is 10. The summed E-state index contributed by atoms with van der Waals surface area (Å²) in [7, 11) is 1.62. The number of methoxy groups -OCH3 is 1. The number of carbonyl (C=O) groups is 2. The molecule has 1 heterocycles. The molecule has 0 radical (unpaired) electrons. The summed E-state index contributed by atoms with van der Waals surface area (Å²) in [6, 6.07) is 10.5. The van der Waals surface area contributed by atoms with E-state index in [4.69, 9.17) is 4.74 Å². The zero-order chi connectivity index (χ0) is 21.9. The lowest BCUT2D eigenvalue weighted by molar-refractivity contribution is -0.125. The highest BCUT2D eigenvalue weighted by Crippen LogP contribution is 2.34. The van der Waals surface area contributed by atoms with Gasteiger partial charge in [-0.25, -0.2) is 0 Å². The predicted molar refractivity (Wildman–Crippen MR) is 122 cm³/mol. The van der Waals surface area contributed by atoms with Crippen molar-refractivity contribution in [2.75, 3.05) is 59.5 Å². The molecule has 0 aromatic heterocycles. The second kappa shape index (κ2) is 12.8. The Morgan fingerprint density at radius 1 is 0.968 bits per heavy atom. The van der Waals surface area contributed by atoms with Crippen molar-refractivity contribution >= 4 is 11.8 Å².